The molecule has 0 aromatic heterocycles. The van der Waals surface area contributed by atoms with E-state index in [2.05, 4.69) is 10.1 Å². The topological polar surface area (TPSA) is 102 Å². The maximum absolute atomic E-state index is 13.6. The Kier molecular flexibility index (Phi) is 8.36. The van der Waals surface area contributed by atoms with Crippen LogP contribution < -0.4 is 10.1 Å². The number of carbonyl (C=O) groups excluding carboxylic acids is 2. The van der Waals surface area contributed by atoms with Gasteiger partial charge < -0.3 is 14.4 Å². The lowest BCUT2D eigenvalue weighted by Gasteiger charge is -2.40. The summed E-state index contributed by atoms with van der Waals surface area (Å²) in [7, 11) is -2.61. The minimum absolute atomic E-state index is 0.0635. The highest BCUT2D eigenvalue weighted by Crippen LogP contribution is 2.37. The zero-order valence-electron chi connectivity index (χ0n) is 21.2. The first-order valence-electron chi connectivity index (χ1n) is 12.4. The number of methoxy groups -OCH3 is 1. The van der Waals surface area contributed by atoms with E-state index in [1.165, 1.54) is 24.1 Å². The highest BCUT2D eigenvalue weighted by molar-refractivity contribution is 7.92. The van der Waals surface area contributed by atoms with Crippen molar-refractivity contribution in [1.82, 2.24) is 10.2 Å². The van der Waals surface area contributed by atoms with Crippen LogP contribution in [0.25, 0.3) is 5.57 Å². The molecule has 1 fully saturated rings. The molecule has 0 bridgehead atoms. The van der Waals surface area contributed by atoms with Crippen LogP contribution in [0, 0.1) is 5.41 Å². The van der Waals surface area contributed by atoms with E-state index >= 15 is 0 Å². The number of rotatable bonds is 7. The molecule has 2 aliphatic heterocycles. The molecule has 0 spiro atoms. The molecule has 1 atom stereocenters. The van der Waals surface area contributed by atoms with Crippen LogP contribution in [0.1, 0.15) is 35.2 Å². The molecule has 210 valence electrons. The van der Waals surface area contributed by atoms with Gasteiger partial charge in [0.1, 0.15) is 11.1 Å². The van der Waals surface area contributed by atoms with Crippen molar-refractivity contribution in [2.75, 3.05) is 32.5 Å². The van der Waals surface area contributed by atoms with Crippen LogP contribution in [-0.4, -0.2) is 69.4 Å². The van der Waals surface area contributed by atoms with Crippen molar-refractivity contribution in [3.8, 4) is 5.75 Å². The minimum atomic E-state index is -4.84. The fourth-order valence-electron chi connectivity index (χ4n) is 5.04. The molecule has 8 nitrogen and oxygen atoms in total. The van der Waals surface area contributed by atoms with Crippen LogP contribution in [0.5, 0.6) is 5.75 Å². The number of benzene rings is 2. The van der Waals surface area contributed by atoms with E-state index in [4.69, 9.17) is 4.74 Å². The highest BCUT2D eigenvalue weighted by atomic mass is 32.2. The summed E-state index contributed by atoms with van der Waals surface area (Å²) in [6.07, 6.45) is -2.52. The number of ether oxygens (including phenoxy) is 2. The summed E-state index contributed by atoms with van der Waals surface area (Å²) in [6.45, 7) is 0.531. The second kappa shape index (κ2) is 11.4. The Balaban J connectivity index is 1.44. The Hall–Kier alpha value is -3.38. The van der Waals surface area contributed by atoms with Crippen molar-refractivity contribution in [1.29, 1.82) is 0 Å². The summed E-state index contributed by atoms with van der Waals surface area (Å²) in [5, 5.41) is 2.15. The zero-order chi connectivity index (χ0) is 28.3. The molecule has 2 aromatic rings. The molecule has 2 aromatic carbocycles. The molecule has 0 aliphatic carbocycles. The molecule has 2 aliphatic rings. The number of alkyl halides is 3. The second-order valence-electron chi connectivity index (χ2n) is 9.64. The number of halogens is 3. The number of esters is 1. The van der Waals surface area contributed by atoms with Crippen molar-refractivity contribution in [2.24, 2.45) is 5.41 Å². The summed E-state index contributed by atoms with van der Waals surface area (Å²) in [4.78, 5) is 27.3. The van der Waals surface area contributed by atoms with Crippen molar-refractivity contribution in [2.45, 2.75) is 31.0 Å². The van der Waals surface area contributed by atoms with E-state index < -0.39 is 50.4 Å². The number of hydrogen-bond acceptors (Lipinski definition) is 7. The third-order valence-corrected chi connectivity index (χ3v) is 9.27. The number of nitrogens with zero attached hydrogens (tertiary/aromatic N) is 1. The standard InChI is InChI=1S/C27H29F3N2O6S/c1-37-25(34)26(18-39(35,36)23-17-21(11-14-31-23)19-5-3-2-4-6-19)12-15-32(16-13-26)24(33)20-7-9-22(10-8-20)38-27(28,29)30/h2-11,23,31H,12-18H2,1H3. The molecule has 39 heavy (non-hydrogen) atoms. The first-order chi connectivity index (χ1) is 18.4. The van der Waals surface area contributed by atoms with Gasteiger partial charge in [-0.05, 0) is 48.2 Å². The number of hydrogen-bond donors (Lipinski definition) is 1. The van der Waals surface area contributed by atoms with Gasteiger partial charge in [0, 0.05) is 31.6 Å². The quantitative estimate of drug-likeness (QED) is 0.509. The van der Waals surface area contributed by atoms with E-state index in [9.17, 15) is 31.2 Å². The molecule has 12 heteroatoms. The average molecular weight is 567 g/mol. The summed E-state index contributed by atoms with van der Waals surface area (Å²) >= 11 is 0. The molecule has 1 unspecified atom stereocenters. The number of carbonyl (C=O) groups is 2. The smallest absolute Gasteiger partial charge is 0.469 e. The van der Waals surface area contributed by atoms with E-state index in [0.717, 1.165) is 23.3 Å². The summed E-state index contributed by atoms with van der Waals surface area (Å²) in [5.74, 6) is -1.98. The Labute approximate surface area is 224 Å². The van der Waals surface area contributed by atoms with Gasteiger partial charge in [0.25, 0.3) is 5.91 Å². The van der Waals surface area contributed by atoms with Crippen molar-refractivity contribution in [3.05, 3.63) is 71.8 Å². The molecule has 1 N–H and O–H groups in total. The Morgan fingerprint density at radius 3 is 2.28 bits per heavy atom. The lowest BCUT2D eigenvalue weighted by atomic mass is 9.80. The van der Waals surface area contributed by atoms with E-state index in [1.807, 2.05) is 36.4 Å². The second-order valence-corrected chi connectivity index (χ2v) is 11.8. The van der Waals surface area contributed by atoms with Gasteiger partial charge in [-0.25, -0.2) is 8.42 Å². The molecule has 4 rings (SSSR count). The molecule has 0 radical (unpaired) electrons. The van der Waals surface area contributed by atoms with Crippen molar-refractivity contribution in [3.63, 3.8) is 0 Å². The highest BCUT2D eigenvalue weighted by Gasteiger charge is 2.48. The SMILES string of the molecule is COC(=O)C1(CS(=O)(=O)C2CC(c3ccccc3)=CCN2)CCN(C(=O)c2ccc(OC(F)(F)F)cc2)CC1. The van der Waals surface area contributed by atoms with Crippen LogP contribution in [0.15, 0.2) is 60.7 Å². The van der Waals surface area contributed by atoms with Gasteiger partial charge in [-0.15, -0.1) is 13.2 Å². The average Bonchev–Trinajstić information content (AvgIpc) is 2.92. The lowest BCUT2D eigenvalue weighted by molar-refractivity contribution is -0.274. The fraction of sp³-hybridized carbons (Fsp3) is 0.407. The maximum Gasteiger partial charge on any atom is 0.573 e. The number of sulfone groups is 1. The van der Waals surface area contributed by atoms with Crippen LogP contribution in [0.4, 0.5) is 13.2 Å². The molecule has 0 saturated carbocycles. The van der Waals surface area contributed by atoms with E-state index in [-0.39, 0.29) is 37.9 Å². The number of likely N-dealkylation sites (tertiary alicyclic amines) is 1. The van der Waals surface area contributed by atoms with Crippen LogP contribution >= 0.6 is 0 Å². The Bertz CT molecular complexity index is 1320. The molecule has 1 saturated heterocycles. The Morgan fingerprint density at radius 1 is 1.05 bits per heavy atom. The Morgan fingerprint density at radius 2 is 1.69 bits per heavy atom. The summed E-state index contributed by atoms with van der Waals surface area (Å²) < 4.78 is 73.2. The third-order valence-electron chi connectivity index (χ3n) is 7.12. The lowest BCUT2D eigenvalue weighted by Crippen LogP contribution is -2.52. The molecule has 1 amide bonds. The predicted molar refractivity (Wildman–Crippen MR) is 137 cm³/mol. The van der Waals surface area contributed by atoms with Gasteiger partial charge in [0.15, 0.2) is 9.84 Å². The van der Waals surface area contributed by atoms with E-state index in [0.29, 0.717) is 6.54 Å². The zero-order valence-corrected chi connectivity index (χ0v) is 22.1. The first-order valence-corrected chi connectivity index (χ1v) is 14.1. The minimum Gasteiger partial charge on any atom is -0.469 e. The number of nitrogens with one attached hydrogen (secondary N) is 1. The largest absolute Gasteiger partial charge is 0.573 e. The van der Waals surface area contributed by atoms with E-state index in [1.54, 1.807) is 0 Å². The molecule has 2 heterocycles. The fourth-order valence-corrected chi connectivity index (χ4v) is 7.20. The van der Waals surface area contributed by atoms with Crippen molar-refractivity contribution >= 4 is 27.3 Å². The van der Waals surface area contributed by atoms with Gasteiger partial charge in [-0.1, -0.05) is 36.4 Å². The first kappa shape index (κ1) is 28.6. The molecular formula is C27H29F3N2O6S. The normalized spacial score (nSPS) is 19.6. The predicted octanol–water partition coefficient (Wildman–Crippen LogP) is 3.80. The summed E-state index contributed by atoms with van der Waals surface area (Å²) in [6, 6.07) is 14.0. The third kappa shape index (κ3) is 6.80. The number of piperidine rings is 1. The monoisotopic (exact) mass is 566 g/mol. The van der Waals surface area contributed by atoms with Gasteiger partial charge in [0.05, 0.1) is 18.3 Å². The number of amides is 1. The van der Waals surface area contributed by atoms with Crippen LogP contribution in [0.3, 0.4) is 0 Å². The maximum atomic E-state index is 13.6. The van der Waals surface area contributed by atoms with Gasteiger partial charge in [-0.3, -0.25) is 14.9 Å². The van der Waals surface area contributed by atoms with Gasteiger partial charge in [-0.2, -0.15) is 0 Å². The van der Waals surface area contributed by atoms with Gasteiger partial charge >= 0.3 is 12.3 Å². The summed E-state index contributed by atoms with van der Waals surface area (Å²) in [5.41, 5.74) is 0.660. The van der Waals surface area contributed by atoms with Crippen LogP contribution in [-0.2, 0) is 19.4 Å². The van der Waals surface area contributed by atoms with Crippen molar-refractivity contribution < 1.29 is 40.7 Å². The van der Waals surface area contributed by atoms with Crippen LogP contribution in [0.2, 0.25) is 0 Å². The van der Waals surface area contributed by atoms with Gasteiger partial charge in [0.2, 0.25) is 0 Å². The molecular weight excluding hydrogens is 537 g/mol.